The van der Waals surface area contributed by atoms with Gasteiger partial charge in [0.2, 0.25) is 11.8 Å². The Morgan fingerprint density at radius 3 is 2.74 bits per heavy atom. The van der Waals surface area contributed by atoms with Crippen LogP contribution in [0, 0.1) is 0 Å². The summed E-state index contributed by atoms with van der Waals surface area (Å²) in [4.78, 5) is 36.5. The highest BCUT2D eigenvalue weighted by Gasteiger charge is 2.31. The number of hydrogen-bond acceptors (Lipinski definition) is 4. The summed E-state index contributed by atoms with van der Waals surface area (Å²) in [6.07, 6.45) is 1.24. The van der Waals surface area contributed by atoms with Gasteiger partial charge in [-0.05, 0) is 12.0 Å². The van der Waals surface area contributed by atoms with E-state index in [9.17, 15) is 14.4 Å². The van der Waals surface area contributed by atoms with E-state index in [0.29, 0.717) is 25.9 Å². The minimum atomic E-state index is -0.292. The van der Waals surface area contributed by atoms with Crippen LogP contribution in [0.2, 0.25) is 0 Å². The minimum Gasteiger partial charge on any atom is -0.469 e. The maximum absolute atomic E-state index is 12.0. The lowest BCUT2D eigenvalue weighted by Crippen LogP contribution is -2.38. The first-order valence-corrected chi connectivity index (χ1v) is 7.76. The average Bonchev–Trinajstić information content (AvgIpc) is 2.93. The number of hydrogen-bond donors (Lipinski definition) is 1. The van der Waals surface area contributed by atoms with Gasteiger partial charge in [-0.15, -0.1) is 0 Å². The molecule has 1 aliphatic rings. The molecule has 23 heavy (non-hydrogen) atoms. The number of amides is 2. The van der Waals surface area contributed by atoms with E-state index in [4.69, 9.17) is 0 Å². The van der Waals surface area contributed by atoms with Crippen molar-refractivity contribution in [1.29, 1.82) is 0 Å². The van der Waals surface area contributed by atoms with Crippen molar-refractivity contribution in [1.82, 2.24) is 10.2 Å². The topological polar surface area (TPSA) is 75.7 Å². The van der Waals surface area contributed by atoms with Crippen LogP contribution >= 0.6 is 0 Å². The summed E-state index contributed by atoms with van der Waals surface area (Å²) in [6, 6.07) is 9.87. The van der Waals surface area contributed by atoms with Crippen LogP contribution in [0.5, 0.6) is 0 Å². The Morgan fingerprint density at radius 1 is 1.30 bits per heavy atom. The van der Waals surface area contributed by atoms with E-state index >= 15 is 0 Å². The van der Waals surface area contributed by atoms with Gasteiger partial charge in [0.25, 0.3) is 0 Å². The Kier molecular flexibility index (Phi) is 6.14. The quantitative estimate of drug-likeness (QED) is 0.603. The second-order valence-electron chi connectivity index (χ2n) is 5.62. The number of ether oxygens (including phenoxy) is 1. The van der Waals surface area contributed by atoms with Gasteiger partial charge in [0.05, 0.1) is 13.7 Å². The largest absolute Gasteiger partial charge is 0.469 e. The zero-order valence-electron chi connectivity index (χ0n) is 13.3. The molecule has 1 aromatic carbocycles. The third kappa shape index (κ3) is 5.09. The number of carbonyl (C=O) groups is 3. The molecule has 6 nitrogen and oxygen atoms in total. The molecule has 0 aliphatic carbocycles. The van der Waals surface area contributed by atoms with Crippen LogP contribution in [0.15, 0.2) is 30.3 Å². The summed E-state index contributed by atoms with van der Waals surface area (Å²) < 4.78 is 4.53. The van der Waals surface area contributed by atoms with Gasteiger partial charge in [-0.3, -0.25) is 14.4 Å². The first-order valence-electron chi connectivity index (χ1n) is 7.76. The molecule has 124 valence electrons. The molecule has 0 unspecified atom stereocenters. The molecule has 0 bridgehead atoms. The summed E-state index contributed by atoms with van der Waals surface area (Å²) in [6.45, 7) is 1.04. The van der Waals surface area contributed by atoms with Gasteiger partial charge >= 0.3 is 5.97 Å². The van der Waals surface area contributed by atoms with E-state index in [0.717, 1.165) is 5.56 Å². The Morgan fingerprint density at radius 2 is 2.04 bits per heavy atom. The molecule has 6 heteroatoms. The fourth-order valence-electron chi connectivity index (χ4n) is 2.67. The molecule has 1 N–H and O–H groups in total. The minimum absolute atomic E-state index is 0.00330. The summed E-state index contributed by atoms with van der Waals surface area (Å²) in [5, 5.41) is 2.72. The summed E-state index contributed by atoms with van der Waals surface area (Å²) >= 11 is 0. The fourth-order valence-corrected chi connectivity index (χ4v) is 2.67. The summed E-state index contributed by atoms with van der Waals surface area (Å²) in [5.74, 6) is -0.337. The molecule has 2 amide bonds. The Hall–Kier alpha value is -2.37. The summed E-state index contributed by atoms with van der Waals surface area (Å²) in [5.41, 5.74) is 1.13. The predicted molar refractivity (Wildman–Crippen MR) is 84.6 cm³/mol. The molecule has 1 fully saturated rings. The predicted octanol–water partition coefficient (Wildman–Crippen LogP) is 1.07. The van der Waals surface area contributed by atoms with E-state index in [2.05, 4.69) is 10.1 Å². The molecule has 1 heterocycles. The van der Waals surface area contributed by atoms with Crippen LogP contribution in [0.25, 0.3) is 0 Å². The van der Waals surface area contributed by atoms with Crippen molar-refractivity contribution < 1.29 is 19.1 Å². The van der Waals surface area contributed by atoms with Crippen molar-refractivity contribution in [2.24, 2.45) is 0 Å². The molecule has 1 aromatic rings. The number of nitrogens with zero attached hydrogens (tertiary/aromatic N) is 1. The van der Waals surface area contributed by atoms with E-state index in [1.54, 1.807) is 4.90 Å². The van der Waals surface area contributed by atoms with E-state index < -0.39 is 0 Å². The molecule has 0 aromatic heterocycles. The number of methoxy groups -OCH3 is 1. The van der Waals surface area contributed by atoms with Crippen LogP contribution in [0.4, 0.5) is 0 Å². The molecular formula is C17H22N2O4. The molecule has 1 saturated heterocycles. The van der Waals surface area contributed by atoms with Gasteiger partial charge in [-0.2, -0.15) is 0 Å². The molecule has 0 saturated carbocycles. The van der Waals surface area contributed by atoms with Crippen molar-refractivity contribution in [3.63, 3.8) is 0 Å². The SMILES string of the molecule is COC(=O)CCCNC(=O)CN1C[C@H](c2ccccc2)CC1=O. The first kappa shape index (κ1) is 17.0. The van der Waals surface area contributed by atoms with Crippen molar-refractivity contribution in [2.75, 3.05) is 26.7 Å². The lowest BCUT2D eigenvalue weighted by atomic mass is 9.99. The molecule has 2 rings (SSSR count). The van der Waals surface area contributed by atoms with Crippen molar-refractivity contribution in [3.05, 3.63) is 35.9 Å². The maximum Gasteiger partial charge on any atom is 0.305 e. The van der Waals surface area contributed by atoms with Crippen LogP contribution < -0.4 is 5.32 Å². The van der Waals surface area contributed by atoms with Crippen molar-refractivity contribution in [3.8, 4) is 0 Å². The van der Waals surface area contributed by atoms with Crippen molar-refractivity contribution in [2.45, 2.75) is 25.2 Å². The van der Waals surface area contributed by atoms with Gasteiger partial charge in [0, 0.05) is 31.8 Å². The zero-order valence-corrected chi connectivity index (χ0v) is 13.3. The molecule has 0 spiro atoms. The monoisotopic (exact) mass is 318 g/mol. The number of likely N-dealkylation sites (tertiary alicyclic amines) is 1. The smallest absolute Gasteiger partial charge is 0.305 e. The number of rotatable bonds is 7. The standard InChI is InChI=1S/C17H22N2O4/c1-23-17(22)8-5-9-18-15(20)12-19-11-14(10-16(19)21)13-6-3-2-4-7-13/h2-4,6-7,14H,5,8-12H2,1H3,(H,18,20)/t14-/m1/s1. The van der Waals surface area contributed by atoms with Crippen LogP contribution in [0.3, 0.4) is 0 Å². The van der Waals surface area contributed by atoms with Crippen LogP contribution in [-0.4, -0.2) is 49.4 Å². The number of esters is 1. The second-order valence-corrected chi connectivity index (χ2v) is 5.62. The molecule has 1 atom stereocenters. The van der Waals surface area contributed by atoms with Gasteiger partial charge in [0.1, 0.15) is 0 Å². The normalized spacial score (nSPS) is 17.2. The van der Waals surface area contributed by atoms with Gasteiger partial charge < -0.3 is 15.0 Å². The fraction of sp³-hybridized carbons (Fsp3) is 0.471. The highest BCUT2D eigenvalue weighted by molar-refractivity contribution is 5.86. The Balaban J connectivity index is 1.74. The van der Waals surface area contributed by atoms with E-state index in [1.165, 1.54) is 7.11 Å². The van der Waals surface area contributed by atoms with E-state index in [-0.39, 0.29) is 36.7 Å². The van der Waals surface area contributed by atoms with Gasteiger partial charge in [-0.25, -0.2) is 0 Å². The highest BCUT2D eigenvalue weighted by Crippen LogP contribution is 2.27. The molecule has 1 aliphatic heterocycles. The number of carbonyl (C=O) groups excluding carboxylic acids is 3. The van der Waals surface area contributed by atoms with Gasteiger partial charge in [-0.1, -0.05) is 30.3 Å². The van der Waals surface area contributed by atoms with E-state index in [1.807, 2.05) is 30.3 Å². The Labute approximate surface area is 135 Å². The second kappa shape index (κ2) is 8.31. The average molecular weight is 318 g/mol. The lowest BCUT2D eigenvalue weighted by molar-refractivity contribution is -0.140. The third-order valence-electron chi connectivity index (χ3n) is 3.93. The van der Waals surface area contributed by atoms with Crippen LogP contribution in [0.1, 0.15) is 30.7 Å². The van der Waals surface area contributed by atoms with Crippen LogP contribution in [-0.2, 0) is 19.1 Å². The van der Waals surface area contributed by atoms with Crippen molar-refractivity contribution >= 4 is 17.8 Å². The first-order chi connectivity index (χ1) is 11.1. The lowest BCUT2D eigenvalue weighted by Gasteiger charge is -2.16. The number of nitrogens with one attached hydrogen (secondary N) is 1. The molecular weight excluding hydrogens is 296 g/mol. The van der Waals surface area contributed by atoms with Gasteiger partial charge in [0.15, 0.2) is 0 Å². The Bertz CT molecular complexity index is 559. The number of benzene rings is 1. The zero-order chi connectivity index (χ0) is 16.7. The highest BCUT2D eigenvalue weighted by atomic mass is 16.5. The maximum atomic E-state index is 12.0. The molecule has 0 radical (unpaired) electrons. The summed E-state index contributed by atoms with van der Waals surface area (Å²) in [7, 11) is 1.34. The third-order valence-corrected chi connectivity index (χ3v) is 3.93.